The van der Waals surface area contributed by atoms with Crippen molar-refractivity contribution in [3.8, 4) is 0 Å². The molecule has 0 spiro atoms. The summed E-state index contributed by atoms with van der Waals surface area (Å²) in [5.41, 5.74) is 1.97. The van der Waals surface area contributed by atoms with Crippen LogP contribution < -0.4 is 0 Å². The van der Waals surface area contributed by atoms with Crippen LogP contribution in [0.3, 0.4) is 0 Å². The summed E-state index contributed by atoms with van der Waals surface area (Å²) in [6.07, 6.45) is 2.11. The minimum absolute atomic E-state index is 0.0356. The first-order valence-electron chi connectivity index (χ1n) is 4.74. The summed E-state index contributed by atoms with van der Waals surface area (Å²) in [5, 5.41) is 0. The summed E-state index contributed by atoms with van der Waals surface area (Å²) in [7, 11) is 0. The summed E-state index contributed by atoms with van der Waals surface area (Å²) >= 11 is 0. The molecule has 1 aliphatic carbocycles. The molecule has 1 aromatic carbocycles. The Morgan fingerprint density at radius 1 is 1.31 bits per heavy atom. The zero-order chi connectivity index (χ0) is 9.47. The monoisotopic (exact) mass is 174 g/mol. The third-order valence-corrected chi connectivity index (χ3v) is 2.94. The van der Waals surface area contributed by atoms with Crippen LogP contribution in [0.1, 0.15) is 35.7 Å². The van der Waals surface area contributed by atoms with Crippen molar-refractivity contribution >= 4 is 5.78 Å². The molecule has 1 saturated carbocycles. The molecule has 0 aliphatic heterocycles. The molecule has 0 bridgehead atoms. The minimum Gasteiger partial charge on any atom is -0.294 e. The number of hydrogen-bond acceptors (Lipinski definition) is 1. The highest BCUT2D eigenvalue weighted by Gasteiger charge is 2.45. The summed E-state index contributed by atoms with van der Waals surface area (Å²) in [5.74, 6) is 0.325. The van der Waals surface area contributed by atoms with Crippen LogP contribution in [0, 0.1) is 12.3 Å². The molecule has 0 atom stereocenters. The van der Waals surface area contributed by atoms with Gasteiger partial charge in [-0.2, -0.15) is 0 Å². The number of carbonyl (C=O) groups is 1. The Hall–Kier alpha value is -1.11. The summed E-state index contributed by atoms with van der Waals surface area (Å²) in [6, 6.07) is 7.84. The van der Waals surface area contributed by atoms with E-state index in [1.165, 1.54) is 0 Å². The highest BCUT2D eigenvalue weighted by atomic mass is 16.1. The number of Topliss-reactive ketones (excluding diaryl/α,β-unsaturated/α-hetero) is 1. The molecule has 13 heavy (non-hydrogen) atoms. The van der Waals surface area contributed by atoms with E-state index in [1.54, 1.807) is 0 Å². The minimum atomic E-state index is -0.0356. The van der Waals surface area contributed by atoms with Gasteiger partial charge >= 0.3 is 0 Å². The van der Waals surface area contributed by atoms with Crippen LogP contribution in [0.25, 0.3) is 0 Å². The molecule has 0 N–H and O–H groups in total. The molecule has 0 saturated heterocycles. The third-order valence-electron chi connectivity index (χ3n) is 2.94. The second-order valence-corrected chi connectivity index (χ2v) is 4.20. The van der Waals surface area contributed by atoms with Crippen molar-refractivity contribution in [3.63, 3.8) is 0 Å². The number of ketones is 1. The number of rotatable bonds is 2. The lowest BCUT2D eigenvalue weighted by Gasteiger charge is -2.09. The molecule has 0 radical (unpaired) electrons. The predicted molar refractivity (Wildman–Crippen MR) is 52.9 cm³/mol. The van der Waals surface area contributed by atoms with E-state index < -0.39 is 0 Å². The zero-order valence-electron chi connectivity index (χ0n) is 8.13. The van der Waals surface area contributed by atoms with Gasteiger partial charge < -0.3 is 0 Å². The van der Waals surface area contributed by atoms with E-state index in [1.807, 2.05) is 31.2 Å². The van der Waals surface area contributed by atoms with Crippen LogP contribution in [0.2, 0.25) is 0 Å². The van der Waals surface area contributed by atoms with Gasteiger partial charge in [0, 0.05) is 11.0 Å². The SMILES string of the molecule is Cc1ccccc1C(=O)C1(C)CC1. The van der Waals surface area contributed by atoms with E-state index in [0.717, 1.165) is 24.0 Å². The van der Waals surface area contributed by atoms with Gasteiger partial charge in [0.25, 0.3) is 0 Å². The van der Waals surface area contributed by atoms with E-state index in [4.69, 9.17) is 0 Å². The Bertz CT molecular complexity index is 348. The predicted octanol–water partition coefficient (Wildman–Crippen LogP) is 2.98. The van der Waals surface area contributed by atoms with Gasteiger partial charge in [0.15, 0.2) is 5.78 Å². The highest BCUT2D eigenvalue weighted by Crippen LogP contribution is 2.47. The van der Waals surface area contributed by atoms with E-state index in [9.17, 15) is 4.79 Å². The first kappa shape index (κ1) is 8.49. The summed E-state index contributed by atoms with van der Waals surface area (Å²) in [4.78, 5) is 11.9. The molecule has 1 nitrogen and oxygen atoms in total. The van der Waals surface area contributed by atoms with E-state index in [2.05, 4.69) is 6.92 Å². The fourth-order valence-electron chi connectivity index (χ4n) is 1.57. The van der Waals surface area contributed by atoms with Crippen molar-refractivity contribution in [2.75, 3.05) is 0 Å². The lowest BCUT2D eigenvalue weighted by Crippen LogP contribution is -2.13. The van der Waals surface area contributed by atoms with Crippen LogP contribution in [-0.2, 0) is 0 Å². The Labute approximate surface area is 78.8 Å². The fourth-order valence-corrected chi connectivity index (χ4v) is 1.57. The van der Waals surface area contributed by atoms with Crippen molar-refractivity contribution < 1.29 is 4.79 Å². The van der Waals surface area contributed by atoms with Gasteiger partial charge in [-0.3, -0.25) is 4.79 Å². The Morgan fingerprint density at radius 2 is 1.92 bits per heavy atom. The van der Waals surface area contributed by atoms with Crippen LogP contribution in [0.15, 0.2) is 24.3 Å². The third kappa shape index (κ3) is 1.39. The van der Waals surface area contributed by atoms with E-state index >= 15 is 0 Å². The average Bonchev–Trinajstić information content (AvgIpc) is 2.85. The number of hydrogen-bond donors (Lipinski definition) is 0. The second kappa shape index (κ2) is 2.69. The molecule has 0 aromatic heterocycles. The molecule has 1 fully saturated rings. The molecule has 0 unspecified atom stereocenters. The molecule has 2 rings (SSSR count). The molecule has 68 valence electrons. The van der Waals surface area contributed by atoms with Crippen LogP contribution in [0.4, 0.5) is 0 Å². The van der Waals surface area contributed by atoms with Gasteiger partial charge in [-0.15, -0.1) is 0 Å². The van der Waals surface area contributed by atoms with Crippen LogP contribution in [0.5, 0.6) is 0 Å². The standard InChI is InChI=1S/C12H14O/c1-9-5-3-4-6-10(9)11(13)12(2)7-8-12/h3-6H,7-8H2,1-2H3. The zero-order valence-corrected chi connectivity index (χ0v) is 8.13. The van der Waals surface area contributed by atoms with Gasteiger partial charge in [0.1, 0.15) is 0 Å². The molecule has 1 heteroatoms. The maximum atomic E-state index is 11.9. The highest BCUT2D eigenvalue weighted by molar-refractivity contribution is 6.03. The second-order valence-electron chi connectivity index (χ2n) is 4.20. The van der Waals surface area contributed by atoms with Crippen molar-refractivity contribution in [2.45, 2.75) is 26.7 Å². The normalized spacial score (nSPS) is 18.3. The Morgan fingerprint density at radius 3 is 2.46 bits per heavy atom. The quantitative estimate of drug-likeness (QED) is 0.630. The fraction of sp³-hybridized carbons (Fsp3) is 0.417. The van der Waals surface area contributed by atoms with Crippen molar-refractivity contribution in [3.05, 3.63) is 35.4 Å². The maximum absolute atomic E-state index is 11.9. The summed E-state index contributed by atoms with van der Waals surface area (Å²) < 4.78 is 0. The van der Waals surface area contributed by atoms with E-state index in [-0.39, 0.29) is 5.41 Å². The average molecular weight is 174 g/mol. The lowest BCUT2D eigenvalue weighted by molar-refractivity contribution is 0.0912. The molecular formula is C12H14O. The smallest absolute Gasteiger partial charge is 0.168 e. The number of aryl methyl sites for hydroxylation is 1. The lowest BCUT2D eigenvalue weighted by atomic mass is 9.94. The van der Waals surface area contributed by atoms with Crippen molar-refractivity contribution in [2.24, 2.45) is 5.41 Å². The molecule has 1 aliphatic rings. The molecule has 1 aromatic rings. The molecule has 0 amide bonds. The van der Waals surface area contributed by atoms with Gasteiger partial charge in [-0.1, -0.05) is 31.2 Å². The van der Waals surface area contributed by atoms with E-state index in [0.29, 0.717) is 5.78 Å². The van der Waals surface area contributed by atoms with Crippen LogP contribution >= 0.6 is 0 Å². The molecule has 0 heterocycles. The maximum Gasteiger partial charge on any atom is 0.168 e. The Balaban J connectivity index is 2.36. The number of carbonyl (C=O) groups excluding carboxylic acids is 1. The largest absolute Gasteiger partial charge is 0.294 e. The van der Waals surface area contributed by atoms with Gasteiger partial charge in [-0.05, 0) is 25.3 Å². The number of benzene rings is 1. The topological polar surface area (TPSA) is 17.1 Å². The first-order valence-corrected chi connectivity index (χ1v) is 4.74. The van der Waals surface area contributed by atoms with Crippen molar-refractivity contribution in [1.29, 1.82) is 0 Å². The van der Waals surface area contributed by atoms with Gasteiger partial charge in [0.2, 0.25) is 0 Å². The first-order chi connectivity index (χ1) is 6.13. The van der Waals surface area contributed by atoms with Gasteiger partial charge in [0.05, 0.1) is 0 Å². The van der Waals surface area contributed by atoms with Gasteiger partial charge in [-0.25, -0.2) is 0 Å². The molecular weight excluding hydrogens is 160 g/mol. The van der Waals surface area contributed by atoms with Crippen molar-refractivity contribution in [1.82, 2.24) is 0 Å². The summed E-state index contributed by atoms with van der Waals surface area (Å²) in [6.45, 7) is 4.06. The Kier molecular flexibility index (Phi) is 1.76. The van der Waals surface area contributed by atoms with Crippen LogP contribution in [-0.4, -0.2) is 5.78 Å².